The van der Waals surface area contributed by atoms with Crippen LogP contribution in [0.15, 0.2) is 47.3 Å². The second-order valence-electron chi connectivity index (χ2n) is 7.16. The van der Waals surface area contributed by atoms with Crippen LogP contribution in [0.3, 0.4) is 0 Å². The molecule has 3 aromatic heterocycles. The van der Waals surface area contributed by atoms with E-state index in [1.54, 1.807) is 12.4 Å². The molecule has 0 saturated carbocycles. The van der Waals surface area contributed by atoms with Crippen molar-refractivity contribution in [1.82, 2.24) is 25.0 Å². The van der Waals surface area contributed by atoms with Crippen molar-refractivity contribution in [3.05, 3.63) is 59.9 Å². The van der Waals surface area contributed by atoms with Gasteiger partial charge < -0.3 is 14.5 Å². The lowest BCUT2D eigenvalue weighted by molar-refractivity contribution is 0.0115. The van der Waals surface area contributed by atoms with Crippen LogP contribution in [0.25, 0.3) is 11.3 Å². The molecule has 7 heteroatoms. The van der Waals surface area contributed by atoms with Crippen molar-refractivity contribution < 1.29 is 9.15 Å². The van der Waals surface area contributed by atoms with Gasteiger partial charge in [0.25, 0.3) is 0 Å². The van der Waals surface area contributed by atoms with Crippen molar-refractivity contribution in [1.29, 1.82) is 0 Å². The molecule has 0 aromatic carbocycles. The van der Waals surface area contributed by atoms with Crippen LogP contribution < -0.4 is 5.32 Å². The summed E-state index contributed by atoms with van der Waals surface area (Å²) in [6.07, 6.45) is 5.67. The number of nitrogens with zero attached hydrogens (tertiary/aromatic N) is 4. The maximum Gasteiger partial charge on any atom is 0.122 e. The van der Waals surface area contributed by atoms with E-state index >= 15 is 0 Å². The lowest BCUT2D eigenvalue weighted by atomic mass is 10.1. The summed E-state index contributed by atoms with van der Waals surface area (Å²) in [6, 6.07) is 8.30. The monoisotopic (exact) mass is 381 g/mol. The first-order valence-electron chi connectivity index (χ1n) is 9.72. The molecule has 4 rings (SSSR count). The highest BCUT2D eigenvalue weighted by Gasteiger charge is 2.25. The first-order valence-corrected chi connectivity index (χ1v) is 9.72. The van der Waals surface area contributed by atoms with E-state index < -0.39 is 0 Å². The van der Waals surface area contributed by atoms with Gasteiger partial charge in [-0.3, -0.25) is 14.6 Å². The minimum Gasteiger partial charge on any atom is -0.465 e. The smallest absolute Gasteiger partial charge is 0.122 e. The van der Waals surface area contributed by atoms with Crippen LogP contribution in [0, 0.1) is 6.92 Å². The summed E-state index contributed by atoms with van der Waals surface area (Å²) in [5.41, 5.74) is 3.25. The standard InChI is InChI=1S/C21H27N5O2/c1-16-3-4-20(28-16)19(26-9-11-27-12-10-26)14-23-13-18-15-25(2)24-21(18)17-5-7-22-8-6-17/h3-8,15,19,23H,9-14H2,1-2H3. The van der Waals surface area contributed by atoms with Gasteiger partial charge in [0.15, 0.2) is 0 Å². The highest BCUT2D eigenvalue weighted by Crippen LogP contribution is 2.24. The van der Waals surface area contributed by atoms with E-state index in [0.29, 0.717) is 0 Å². The van der Waals surface area contributed by atoms with Gasteiger partial charge in [0.2, 0.25) is 0 Å². The molecular formula is C21H27N5O2. The molecule has 148 valence electrons. The second kappa shape index (κ2) is 8.68. The Kier molecular flexibility index (Phi) is 5.85. The minimum absolute atomic E-state index is 0.193. The first kappa shape index (κ1) is 18.9. The van der Waals surface area contributed by atoms with Crippen molar-refractivity contribution in [2.24, 2.45) is 7.05 Å². The van der Waals surface area contributed by atoms with Crippen LogP contribution >= 0.6 is 0 Å². The zero-order chi connectivity index (χ0) is 19.3. The van der Waals surface area contributed by atoms with Crippen LogP contribution in [-0.2, 0) is 18.3 Å². The highest BCUT2D eigenvalue weighted by molar-refractivity contribution is 5.61. The van der Waals surface area contributed by atoms with Gasteiger partial charge in [-0.1, -0.05) is 0 Å². The predicted octanol–water partition coefficient (Wildman–Crippen LogP) is 2.55. The van der Waals surface area contributed by atoms with E-state index in [1.165, 1.54) is 5.56 Å². The molecule has 0 amide bonds. The minimum atomic E-state index is 0.193. The lowest BCUT2D eigenvalue weighted by Crippen LogP contribution is -2.42. The third-order valence-electron chi connectivity index (χ3n) is 5.09. The number of aromatic nitrogens is 3. The number of hydrogen-bond acceptors (Lipinski definition) is 6. The van der Waals surface area contributed by atoms with Crippen molar-refractivity contribution in [3.8, 4) is 11.3 Å². The van der Waals surface area contributed by atoms with Crippen molar-refractivity contribution in [2.75, 3.05) is 32.8 Å². The highest BCUT2D eigenvalue weighted by atomic mass is 16.5. The van der Waals surface area contributed by atoms with Gasteiger partial charge in [-0.2, -0.15) is 5.10 Å². The number of furan rings is 1. The molecule has 28 heavy (non-hydrogen) atoms. The SMILES string of the molecule is Cc1ccc(C(CNCc2cn(C)nc2-c2ccncc2)N2CCOCC2)o1. The number of ether oxygens (including phenoxy) is 1. The third-order valence-corrected chi connectivity index (χ3v) is 5.09. The third kappa shape index (κ3) is 4.32. The van der Waals surface area contributed by atoms with Crippen LogP contribution in [0.1, 0.15) is 23.1 Å². The summed E-state index contributed by atoms with van der Waals surface area (Å²) in [6.45, 7) is 6.91. The summed E-state index contributed by atoms with van der Waals surface area (Å²) in [7, 11) is 1.95. The topological polar surface area (TPSA) is 68.4 Å². The Morgan fingerprint density at radius 2 is 1.93 bits per heavy atom. The molecule has 3 aromatic rings. The van der Waals surface area contributed by atoms with Crippen LogP contribution in [0.4, 0.5) is 0 Å². The molecule has 7 nitrogen and oxygen atoms in total. The number of nitrogens with one attached hydrogen (secondary N) is 1. The molecule has 1 aliphatic rings. The molecule has 0 aliphatic carbocycles. The fourth-order valence-corrected chi connectivity index (χ4v) is 3.69. The first-order chi connectivity index (χ1) is 13.7. The molecular weight excluding hydrogens is 354 g/mol. The van der Waals surface area contributed by atoms with E-state index in [4.69, 9.17) is 9.15 Å². The van der Waals surface area contributed by atoms with E-state index in [2.05, 4.69) is 32.6 Å². The normalized spacial score (nSPS) is 16.4. The summed E-state index contributed by atoms with van der Waals surface area (Å²) in [5, 5.41) is 8.25. The van der Waals surface area contributed by atoms with Gasteiger partial charge in [-0.05, 0) is 31.2 Å². The van der Waals surface area contributed by atoms with Gasteiger partial charge in [-0.25, -0.2) is 0 Å². The van der Waals surface area contributed by atoms with E-state index in [1.807, 2.05) is 36.9 Å². The molecule has 1 unspecified atom stereocenters. The van der Waals surface area contributed by atoms with E-state index in [-0.39, 0.29) is 6.04 Å². The molecule has 0 spiro atoms. The summed E-state index contributed by atoms with van der Waals surface area (Å²) < 4.78 is 13.3. The van der Waals surface area contributed by atoms with Crippen molar-refractivity contribution >= 4 is 0 Å². The maximum atomic E-state index is 5.95. The number of pyridine rings is 1. The van der Waals surface area contributed by atoms with Crippen molar-refractivity contribution in [2.45, 2.75) is 19.5 Å². The quantitative estimate of drug-likeness (QED) is 0.678. The molecule has 1 N–H and O–H groups in total. The van der Waals surface area contributed by atoms with Crippen LogP contribution in [0.5, 0.6) is 0 Å². The predicted molar refractivity (Wildman–Crippen MR) is 107 cm³/mol. The van der Waals surface area contributed by atoms with Gasteiger partial charge >= 0.3 is 0 Å². The molecule has 0 bridgehead atoms. The average Bonchev–Trinajstić information content (AvgIpc) is 3.32. The fourth-order valence-electron chi connectivity index (χ4n) is 3.69. The van der Waals surface area contributed by atoms with E-state index in [0.717, 1.165) is 62.2 Å². The zero-order valence-electron chi connectivity index (χ0n) is 16.5. The summed E-state index contributed by atoms with van der Waals surface area (Å²) in [4.78, 5) is 6.54. The summed E-state index contributed by atoms with van der Waals surface area (Å²) >= 11 is 0. The van der Waals surface area contributed by atoms with Crippen molar-refractivity contribution in [3.63, 3.8) is 0 Å². The molecule has 1 saturated heterocycles. The van der Waals surface area contributed by atoms with Gasteiger partial charge in [0, 0.05) is 62.9 Å². The molecule has 0 radical (unpaired) electrons. The molecule has 1 fully saturated rings. The maximum absolute atomic E-state index is 5.95. The van der Waals surface area contributed by atoms with Crippen LogP contribution in [-0.4, -0.2) is 52.5 Å². The van der Waals surface area contributed by atoms with Gasteiger partial charge in [0.05, 0.1) is 24.9 Å². The largest absolute Gasteiger partial charge is 0.465 e. The number of hydrogen-bond donors (Lipinski definition) is 1. The molecule has 4 heterocycles. The van der Waals surface area contributed by atoms with Crippen LogP contribution in [0.2, 0.25) is 0 Å². The Morgan fingerprint density at radius 3 is 2.64 bits per heavy atom. The zero-order valence-corrected chi connectivity index (χ0v) is 16.5. The van der Waals surface area contributed by atoms with Gasteiger partial charge in [-0.15, -0.1) is 0 Å². The number of aryl methyl sites for hydroxylation is 2. The van der Waals surface area contributed by atoms with E-state index in [9.17, 15) is 0 Å². The van der Waals surface area contributed by atoms with Gasteiger partial charge in [0.1, 0.15) is 11.5 Å². The average molecular weight is 381 g/mol. The lowest BCUT2D eigenvalue weighted by Gasteiger charge is -2.33. The molecule has 1 aliphatic heterocycles. The Balaban J connectivity index is 1.46. The fraction of sp³-hybridized carbons (Fsp3) is 0.429. The molecule has 1 atom stereocenters. The Hall–Kier alpha value is -2.48. The Morgan fingerprint density at radius 1 is 1.14 bits per heavy atom. The number of rotatable bonds is 7. The Bertz CT molecular complexity index is 883. The second-order valence-corrected chi connectivity index (χ2v) is 7.16. The Labute approximate surface area is 165 Å². The summed E-state index contributed by atoms with van der Waals surface area (Å²) in [5.74, 6) is 1.95. The number of morpholine rings is 1.